The van der Waals surface area contributed by atoms with Crippen molar-refractivity contribution in [3.63, 3.8) is 0 Å². The van der Waals surface area contributed by atoms with Crippen molar-refractivity contribution in [2.75, 3.05) is 0 Å². The van der Waals surface area contributed by atoms with Gasteiger partial charge < -0.3 is 5.32 Å². The number of benzene rings is 3. The van der Waals surface area contributed by atoms with Gasteiger partial charge in [0, 0.05) is 21.8 Å². The van der Waals surface area contributed by atoms with Crippen molar-refractivity contribution in [3.05, 3.63) is 77.9 Å². The monoisotopic (exact) mass is 375 g/mol. The second-order valence-corrected chi connectivity index (χ2v) is 8.59. The molecule has 3 aromatic rings. The molecular weight excluding hydrogens is 350 g/mol. The Bertz CT molecular complexity index is 947. The predicted molar refractivity (Wildman–Crippen MR) is 114 cm³/mol. The second-order valence-electron chi connectivity index (χ2n) is 7.31. The van der Waals surface area contributed by atoms with Crippen LogP contribution in [0.1, 0.15) is 41.6 Å². The van der Waals surface area contributed by atoms with Crippen LogP contribution in [0.15, 0.2) is 71.6 Å². The Labute approximate surface area is 165 Å². The highest BCUT2D eigenvalue weighted by atomic mass is 32.2. The van der Waals surface area contributed by atoms with E-state index in [-0.39, 0.29) is 11.9 Å². The molecule has 2 nitrogen and oxygen atoms in total. The zero-order valence-corrected chi connectivity index (χ0v) is 16.5. The van der Waals surface area contributed by atoms with E-state index >= 15 is 0 Å². The normalized spacial score (nSPS) is 19.7. The van der Waals surface area contributed by atoms with Gasteiger partial charge in [-0.2, -0.15) is 0 Å². The van der Waals surface area contributed by atoms with E-state index in [0.29, 0.717) is 5.25 Å². The SMILES string of the molecule is Cc1ccccc1S[C@@H]1CCCC[C@H]1NC(=O)c1cccc2ccccc12. The zero-order valence-electron chi connectivity index (χ0n) is 15.7. The molecule has 1 fully saturated rings. The van der Waals surface area contributed by atoms with Gasteiger partial charge in [0.25, 0.3) is 5.91 Å². The van der Waals surface area contributed by atoms with Crippen LogP contribution in [-0.4, -0.2) is 17.2 Å². The number of carbonyl (C=O) groups is 1. The summed E-state index contributed by atoms with van der Waals surface area (Å²) in [5.41, 5.74) is 2.09. The zero-order chi connectivity index (χ0) is 18.6. The quantitative estimate of drug-likeness (QED) is 0.607. The standard InChI is InChI=1S/C24H25NOS/c1-17-9-2-6-15-22(17)27-23-16-7-5-14-21(23)25-24(26)20-13-8-11-18-10-3-4-12-19(18)20/h2-4,6,8-13,15,21,23H,5,7,14,16H2,1H3,(H,25,26)/t21-,23-/m1/s1. The largest absolute Gasteiger partial charge is 0.348 e. The number of aryl methyl sites for hydroxylation is 1. The lowest BCUT2D eigenvalue weighted by Gasteiger charge is -2.32. The highest BCUT2D eigenvalue weighted by Gasteiger charge is 2.28. The summed E-state index contributed by atoms with van der Waals surface area (Å²) < 4.78 is 0. The first-order chi connectivity index (χ1) is 13.2. The van der Waals surface area contributed by atoms with Crippen LogP contribution in [0.4, 0.5) is 0 Å². The Balaban J connectivity index is 1.54. The molecule has 0 saturated heterocycles. The van der Waals surface area contributed by atoms with Gasteiger partial charge in [-0.15, -0.1) is 11.8 Å². The van der Waals surface area contributed by atoms with Gasteiger partial charge in [-0.25, -0.2) is 0 Å². The highest BCUT2D eigenvalue weighted by Crippen LogP contribution is 2.35. The molecule has 1 N–H and O–H groups in total. The van der Waals surface area contributed by atoms with Crippen LogP contribution in [0.25, 0.3) is 10.8 Å². The van der Waals surface area contributed by atoms with E-state index < -0.39 is 0 Å². The molecule has 0 spiro atoms. The first kappa shape index (κ1) is 18.1. The van der Waals surface area contributed by atoms with E-state index in [1.807, 2.05) is 42.1 Å². The lowest BCUT2D eigenvalue weighted by atomic mass is 9.94. The summed E-state index contributed by atoms with van der Waals surface area (Å²) in [6.45, 7) is 2.16. The minimum Gasteiger partial charge on any atom is -0.348 e. The Morgan fingerprint density at radius 2 is 1.67 bits per heavy atom. The molecule has 0 radical (unpaired) electrons. The number of rotatable bonds is 4. The second kappa shape index (κ2) is 8.18. The Hall–Kier alpha value is -2.26. The van der Waals surface area contributed by atoms with Crippen molar-refractivity contribution < 1.29 is 4.79 Å². The lowest BCUT2D eigenvalue weighted by Crippen LogP contribution is -2.43. The third-order valence-electron chi connectivity index (χ3n) is 5.43. The summed E-state index contributed by atoms with van der Waals surface area (Å²) in [6.07, 6.45) is 4.63. The Morgan fingerprint density at radius 1 is 0.926 bits per heavy atom. The maximum atomic E-state index is 13.1. The Kier molecular flexibility index (Phi) is 5.49. The number of fused-ring (bicyclic) bond motifs is 1. The van der Waals surface area contributed by atoms with Gasteiger partial charge in [0.05, 0.1) is 0 Å². The molecule has 4 rings (SSSR count). The van der Waals surface area contributed by atoms with Gasteiger partial charge in [0.2, 0.25) is 0 Å². The summed E-state index contributed by atoms with van der Waals surface area (Å²) in [7, 11) is 0. The van der Waals surface area contributed by atoms with Crippen LogP contribution >= 0.6 is 11.8 Å². The first-order valence-corrected chi connectivity index (χ1v) is 10.6. The molecule has 3 heteroatoms. The van der Waals surface area contributed by atoms with Crippen LogP contribution in [0.5, 0.6) is 0 Å². The predicted octanol–water partition coefficient (Wildman–Crippen LogP) is 5.98. The maximum Gasteiger partial charge on any atom is 0.252 e. The summed E-state index contributed by atoms with van der Waals surface area (Å²) >= 11 is 1.93. The summed E-state index contributed by atoms with van der Waals surface area (Å²) in [4.78, 5) is 14.4. The van der Waals surface area contributed by atoms with Crippen LogP contribution in [0.2, 0.25) is 0 Å². The van der Waals surface area contributed by atoms with Crippen LogP contribution in [0.3, 0.4) is 0 Å². The van der Waals surface area contributed by atoms with E-state index in [4.69, 9.17) is 0 Å². The van der Waals surface area contributed by atoms with E-state index in [9.17, 15) is 4.79 Å². The molecule has 1 amide bonds. The van der Waals surface area contributed by atoms with Gasteiger partial charge >= 0.3 is 0 Å². The number of thioether (sulfide) groups is 1. The molecule has 0 aromatic heterocycles. The first-order valence-electron chi connectivity index (χ1n) is 9.73. The fourth-order valence-corrected chi connectivity index (χ4v) is 5.31. The average molecular weight is 376 g/mol. The smallest absolute Gasteiger partial charge is 0.252 e. The molecule has 0 bridgehead atoms. The molecular formula is C24H25NOS. The third kappa shape index (κ3) is 4.03. The molecule has 1 aliphatic carbocycles. The number of hydrogen-bond donors (Lipinski definition) is 1. The maximum absolute atomic E-state index is 13.1. The highest BCUT2D eigenvalue weighted by molar-refractivity contribution is 8.00. The van der Waals surface area contributed by atoms with Crippen LogP contribution in [0, 0.1) is 6.92 Å². The van der Waals surface area contributed by atoms with Crippen molar-refractivity contribution >= 4 is 28.4 Å². The molecule has 0 unspecified atom stereocenters. The van der Waals surface area contributed by atoms with Crippen LogP contribution in [-0.2, 0) is 0 Å². The van der Waals surface area contributed by atoms with Gasteiger partial charge in [-0.05, 0) is 48.2 Å². The third-order valence-corrected chi connectivity index (χ3v) is 7.00. The summed E-state index contributed by atoms with van der Waals surface area (Å²) in [6, 6.07) is 22.8. The Morgan fingerprint density at radius 3 is 2.56 bits per heavy atom. The molecule has 1 saturated carbocycles. The minimum absolute atomic E-state index is 0.0501. The van der Waals surface area contributed by atoms with Crippen molar-refractivity contribution in [1.82, 2.24) is 5.32 Å². The number of amides is 1. The molecule has 138 valence electrons. The van der Waals surface area contributed by atoms with Gasteiger partial charge in [-0.1, -0.05) is 67.4 Å². The number of carbonyl (C=O) groups excluding carboxylic acids is 1. The van der Waals surface area contributed by atoms with Gasteiger partial charge in [-0.3, -0.25) is 4.79 Å². The van der Waals surface area contributed by atoms with E-state index in [2.05, 4.69) is 48.6 Å². The minimum atomic E-state index is 0.0501. The van der Waals surface area contributed by atoms with Crippen molar-refractivity contribution in [2.45, 2.75) is 48.8 Å². The summed E-state index contributed by atoms with van der Waals surface area (Å²) in [5.74, 6) is 0.0501. The van der Waals surface area contributed by atoms with E-state index in [1.54, 1.807) is 0 Å². The topological polar surface area (TPSA) is 29.1 Å². The van der Waals surface area contributed by atoms with Crippen molar-refractivity contribution in [2.24, 2.45) is 0 Å². The average Bonchev–Trinajstić information content (AvgIpc) is 2.70. The lowest BCUT2D eigenvalue weighted by molar-refractivity contribution is 0.0931. The van der Waals surface area contributed by atoms with E-state index in [1.165, 1.54) is 23.3 Å². The molecule has 3 aromatic carbocycles. The van der Waals surface area contributed by atoms with Gasteiger partial charge in [0.1, 0.15) is 0 Å². The summed E-state index contributed by atoms with van der Waals surface area (Å²) in [5, 5.41) is 5.92. The van der Waals surface area contributed by atoms with Gasteiger partial charge in [0.15, 0.2) is 0 Å². The fraction of sp³-hybridized carbons (Fsp3) is 0.292. The van der Waals surface area contributed by atoms with Crippen molar-refractivity contribution in [3.8, 4) is 0 Å². The molecule has 27 heavy (non-hydrogen) atoms. The number of hydrogen-bond acceptors (Lipinski definition) is 2. The molecule has 0 aliphatic heterocycles. The molecule has 0 heterocycles. The van der Waals surface area contributed by atoms with Crippen molar-refractivity contribution in [1.29, 1.82) is 0 Å². The molecule has 2 atom stereocenters. The fourth-order valence-electron chi connectivity index (χ4n) is 3.92. The molecule has 1 aliphatic rings. The van der Waals surface area contributed by atoms with Crippen LogP contribution < -0.4 is 5.32 Å². The number of nitrogens with one attached hydrogen (secondary N) is 1. The van der Waals surface area contributed by atoms with E-state index in [0.717, 1.165) is 29.2 Å².